The van der Waals surface area contributed by atoms with Crippen LogP contribution in [0.3, 0.4) is 0 Å². The molecule has 0 amide bonds. The Morgan fingerprint density at radius 1 is 1.05 bits per heavy atom. The molecule has 0 saturated heterocycles. The molecule has 0 aliphatic heterocycles. The fourth-order valence-electron chi connectivity index (χ4n) is 1.97. The second-order valence-corrected chi connectivity index (χ2v) is 5.78. The average Bonchev–Trinajstić information content (AvgIpc) is 2.40. The Balaban J connectivity index is 2.41. The molecule has 0 aliphatic rings. The second-order valence-electron chi connectivity index (χ2n) is 4.97. The molecule has 0 aromatic heterocycles. The number of hydrogen-bond donors (Lipinski definition) is 1. The van der Waals surface area contributed by atoms with Crippen LogP contribution in [0.1, 0.15) is 19.4 Å². The first-order valence-corrected chi connectivity index (χ1v) is 7.20. The molecular weight excluding hydrogens is 296 g/mol. The topological polar surface area (TPSA) is 12.0 Å². The van der Waals surface area contributed by atoms with Gasteiger partial charge < -0.3 is 5.32 Å². The van der Waals surface area contributed by atoms with E-state index in [1.54, 1.807) is 24.3 Å². The smallest absolute Gasteiger partial charge is 0.123 e. The third kappa shape index (κ3) is 3.72. The van der Waals surface area contributed by atoms with Crippen LogP contribution in [0.4, 0.5) is 4.39 Å². The van der Waals surface area contributed by atoms with Gasteiger partial charge in [-0.2, -0.15) is 0 Å². The molecule has 0 radical (unpaired) electrons. The zero-order valence-corrected chi connectivity index (χ0v) is 12.9. The summed E-state index contributed by atoms with van der Waals surface area (Å²) in [6, 6.07) is 10.6. The van der Waals surface area contributed by atoms with E-state index >= 15 is 0 Å². The van der Waals surface area contributed by atoms with Gasteiger partial charge in [0.25, 0.3) is 0 Å². The van der Waals surface area contributed by atoms with Crippen molar-refractivity contribution in [2.45, 2.75) is 26.4 Å². The van der Waals surface area contributed by atoms with Crippen LogP contribution < -0.4 is 5.32 Å². The summed E-state index contributed by atoms with van der Waals surface area (Å²) >= 11 is 12.0. The Kier molecular flexibility index (Phi) is 5.03. The summed E-state index contributed by atoms with van der Waals surface area (Å²) in [6.45, 7) is 4.71. The molecule has 2 aromatic carbocycles. The molecule has 0 spiro atoms. The maximum atomic E-state index is 13.5. The van der Waals surface area contributed by atoms with Gasteiger partial charge >= 0.3 is 0 Å². The van der Waals surface area contributed by atoms with Crippen LogP contribution in [0.5, 0.6) is 0 Å². The lowest BCUT2D eigenvalue weighted by Crippen LogP contribution is -2.22. The third-order valence-electron chi connectivity index (χ3n) is 3.00. The first-order valence-electron chi connectivity index (χ1n) is 6.44. The van der Waals surface area contributed by atoms with Crippen LogP contribution in [-0.4, -0.2) is 6.04 Å². The van der Waals surface area contributed by atoms with Crippen LogP contribution >= 0.6 is 23.2 Å². The molecule has 2 rings (SSSR count). The van der Waals surface area contributed by atoms with Crippen LogP contribution in [0.25, 0.3) is 11.1 Å². The molecule has 0 atom stereocenters. The lowest BCUT2D eigenvalue weighted by Gasteiger charge is -2.13. The summed E-state index contributed by atoms with van der Waals surface area (Å²) in [6.07, 6.45) is 0. The van der Waals surface area contributed by atoms with Crippen LogP contribution in [0.2, 0.25) is 10.0 Å². The van der Waals surface area contributed by atoms with E-state index in [0.717, 1.165) is 16.7 Å². The first kappa shape index (κ1) is 15.3. The van der Waals surface area contributed by atoms with E-state index in [0.29, 0.717) is 22.6 Å². The van der Waals surface area contributed by atoms with Crippen molar-refractivity contribution in [2.24, 2.45) is 0 Å². The van der Waals surface area contributed by atoms with E-state index in [2.05, 4.69) is 19.2 Å². The maximum absolute atomic E-state index is 13.5. The molecule has 106 valence electrons. The molecule has 0 bridgehead atoms. The van der Waals surface area contributed by atoms with Crippen molar-refractivity contribution < 1.29 is 4.39 Å². The largest absolute Gasteiger partial charge is 0.310 e. The molecule has 1 nitrogen and oxygen atoms in total. The second kappa shape index (κ2) is 6.57. The summed E-state index contributed by atoms with van der Waals surface area (Å²) in [5.41, 5.74) is 2.79. The van der Waals surface area contributed by atoms with Gasteiger partial charge in [-0.05, 0) is 41.0 Å². The van der Waals surface area contributed by atoms with E-state index in [-0.39, 0.29) is 5.82 Å². The van der Waals surface area contributed by atoms with Crippen molar-refractivity contribution >= 4 is 23.2 Å². The van der Waals surface area contributed by atoms with Gasteiger partial charge in [0.15, 0.2) is 0 Å². The minimum Gasteiger partial charge on any atom is -0.310 e. The minimum absolute atomic E-state index is 0.241. The molecule has 0 fully saturated rings. The summed E-state index contributed by atoms with van der Waals surface area (Å²) in [7, 11) is 0. The van der Waals surface area contributed by atoms with Gasteiger partial charge in [-0.15, -0.1) is 0 Å². The molecule has 1 N–H and O–H groups in total. The molecule has 0 heterocycles. The summed E-state index contributed by atoms with van der Waals surface area (Å²) in [5, 5.41) is 4.31. The SMILES string of the molecule is CC(C)NCc1cc(F)ccc1-c1ccc(Cl)c(Cl)c1. The third-order valence-corrected chi connectivity index (χ3v) is 3.74. The summed E-state index contributed by atoms with van der Waals surface area (Å²) in [4.78, 5) is 0. The predicted molar refractivity (Wildman–Crippen MR) is 83.8 cm³/mol. The number of halogens is 3. The molecular formula is C16H16Cl2FN. The van der Waals surface area contributed by atoms with E-state index in [1.807, 2.05) is 6.07 Å². The number of hydrogen-bond acceptors (Lipinski definition) is 1. The predicted octanol–water partition coefficient (Wildman–Crippen LogP) is 5.30. The first-order chi connectivity index (χ1) is 9.47. The molecule has 4 heteroatoms. The summed E-state index contributed by atoms with van der Waals surface area (Å²) < 4.78 is 13.5. The Morgan fingerprint density at radius 3 is 2.45 bits per heavy atom. The number of benzene rings is 2. The molecule has 2 aromatic rings. The van der Waals surface area contributed by atoms with E-state index in [9.17, 15) is 4.39 Å². The van der Waals surface area contributed by atoms with Gasteiger partial charge in [0.05, 0.1) is 10.0 Å². The molecule has 0 saturated carbocycles. The zero-order valence-electron chi connectivity index (χ0n) is 11.4. The van der Waals surface area contributed by atoms with Crippen LogP contribution in [0.15, 0.2) is 36.4 Å². The van der Waals surface area contributed by atoms with Gasteiger partial charge in [0.1, 0.15) is 5.82 Å². The van der Waals surface area contributed by atoms with Crippen molar-refractivity contribution in [3.05, 3.63) is 57.8 Å². The maximum Gasteiger partial charge on any atom is 0.123 e. The highest BCUT2D eigenvalue weighted by Crippen LogP contribution is 2.30. The molecule has 20 heavy (non-hydrogen) atoms. The Morgan fingerprint density at radius 2 is 1.80 bits per heavy atom. The fraction of sp³-hybridized carbons (Fsp3) is 0.250. The van der Waals surface area contributed by atoms with Gasteiger partial charge in [-0.1, -0.05) is 49.2 Å². The van der Waals surface area contributed by atoms with Crippen molar-refractivity contribution in [1.29, 1.82) is 0 Å². The molecule has 0 unspecified atom stereocenters. The van der Waals surface area contributed by atoms with Crippen molar-refractivity contribution in [3.63, 3.8) is 0 Å². The van der Waals surface area contributed by atoms with E-state index < -0.39 is 0 Å². The van der Waals surface area contributed by atoms with Gasteiger partial charge in [0, 0.05) is 12.6 Å². The number of nitrogens with one attached hydrogen (secondary N) is 1. The quantitative estimate of drug-likeness (QED) is 0.808. The lowest BCUT2D eigenvalue weighted by molar-refractivity contribution is 0.582. The van der Waals surface area contributed by atoms with Gasteiger partial charge in [-0.25, -0.2) is 4.39 Å². The standard InChI is InChI=1S/C16H16Cl2FN/c1-10(2)20-9-12-7-13(19)4-5-14(12)11-3-6-15(17)16(18)8-11/h3-8,10,20H,9H2,1-2H3. The van der Waals surface area contributed by atoms with Crippen LogP contribution in [-0.2, 0) is 6.54 Å². The van der Waals surface area contributed by atoms with E-state index in [4.69, 9.17) is 23.2 Å². The number of rotatable bonds is 4. The van der Waals surface area contributed by atoms with Crippen molar-refractivity contribution in [1.82, 2.24) is 5.32 Å². The van der Waals surface area contributed by atoms with Crippen molar-refractivity contribution in [3.8, 4) is 11.1 Å². The van der Waals surface area contributed by atoms with Gasteiger partial charge in [0.2, 0.25) is 0 Å². The Labute approximate surface area is 128 Å². The highest BCUT2D eigenvalue weighted by atomic mass is 35.5. The lowest BCUT2D eigenvalue weighted by atomic mass is 9.99. The molecule has 0 aliphatic carbocycles. The Hall–Kier alpha value is -1.09. The van der Waals surface area contributed by atoms with E-state index in [1.165, 1.54) is 6.07 Å². The minimum atomic E-state index is -0.241. The highest BCUT2D eigenvalue weighted by molar-refractivity contribution is 6.42. The average molecular weight is 312 g/mol. The Bertz CT molecular complexity index is 611. The highest BCUT2D eigenvalue weighted by Gasteiger charge is 2.09. The normalized spacial score (nSPS) is 11.1. The van der Waals surface area contributed by atoms with Crippen molar-refractivity contribution in [2.75, 3.05) is 0 Å². The van der Waals surface area contributed by atoms with Gasteiger partial charge in [-0.3, -0.25) is 0 Å². The monoisotopic (exact) mass is 311 g/mol. The zero-order chi connectivity index (χ0) is 14.7. The summed E-state index contributed by atoms with van der Waals surface area (Å²) in [5.74, 6) is -0.241. The fourth-order valence-corrected chi connectivity index (χ4v) is 2.27. The van der Waals surface area contributed by atoms with Crippen LogP contribution in [0, 0.1) is 5.82 Å².